The predicted molar refractivity (Wildman–Crippen MR) is 53.0 cm³/mol. The van der Waals surface area contributed by atoms with E-state index in [4.69, 9.17) is 4.55 Å². The quantitative estimate of drug-likeness (QED) is 0.511. The molecular formula is C9H11NaO3S. The summed E-state index contributed by atoms with van der Waals surface area (Å²) in [5.74, 6) is -0.420. The molecule has 5 heteroatoms. The Morgan fingerprint density at radius 2 is 1.86 bits per heavy atom. The maximum atomic E-state index is 10.5. The molecule has 0 radical (unpaired) electrons. The molecule has 0 aliphatic heterocycles. The molecule has 3 nitrogen and oxygen atoms in total. The van der Waals surface area contributed by atoms with Crippen LogP contribution in [0.2, 0.25) is 0 Å². The molecule has 0 saturated heterocycles. The molecule has 0 spiro atoms. The first-order valence-electron chi connectivity index (χ1n) is 3.67. The molecule has 0 amide bonds. The van der Waals surface area contributed by atoms with Gasteiger partial charge in [0, 0.05) is 0 Å². The molecule has 0 aliphatic carbocycles. The summed E-state index contributed by atoms with van der Waals surface area (Å²) in [6.07, 6.45) is 0. The van der Waals surface area contributed by atoms with Gasteiger partial charge in [0.1, 0.15) is 5.75 Å². The van der Waals surface area contributed by atoms with E-state index in [9.17, 15) is 8.42 Å². The number of benzene rings is 1. The summed E-state index contributed by atoms with van der Waals surface area (Å²) in [5, 5.41) is 0. The Balaban J connectivity index is 0. The van der Waals surface area contributed by atoms with E-state index in [1.807, 2.05) is 6.07 Å². The first kappa shape index (κ1) is 13.9. The maximum Gasteiger partial charge on any atom is 1.00 e. The second-order valence-corrected chi connectivity index (χ2v) is 4.15. The topological polar surface area (TPSA) is 54.4 Å². The first-order valence-corrected chi connectivity index (χ1v) is 5.28. The van der Waals surface area contributed by atoms with Crippen LogP contribution in [-0.4, -0.2) is 18.7 Å². The van der Waals surface area contributed by atoms with Crippen LogP contribution in [0.3, 0.4) is 0 Å². The summed E-state index contributed by atoms with van der Waals surface area (Å²) in [4.78, 5) is 0. The van der Waals surface area contributed by atoms with Gasteiger partial charge in [-0.2, -0.15) is 8.42 Å². The number of rotatable bonds is 3. The Bertz CT molecular complexity index is 403. The van der Waals surface area contributed by atoms with Gasteiger partial charge in [-0.25, -0.2) is 0 Å². The van der Waals surface area contributed by atoms with Crippen LogP contribution in [0, 0.1) is 0 Å². The van der Waals surface area contributed by atoms with Crippen molar-refractivity contribution in [2.45, 2.75) is 0 Å². The fourth-order valence-corrected chi connectivity index (χ4v) is 1.58. The summed E-state index contributed by atoms with van der Waals surface area (Å²) >= 11 is 0. The van der Waals surface area contributed by atoms with Crippen molar-refractivity contribution in [3.63, 3.8) is 0 Å². The van der Waals surface area contributed by atoms with Crippen LogP contribution >= 0.6 is 0 Å². The molecule has 1 N–H and O–H groups in total. The minimum Gasteiger partial charge on any atom is -1.00 e. The van der Waals surface area contributed by atoms with Crippen molar-refractivity contribution in [3.8, 4) is 0 Å². The Morgan fingerprint density at radius 1 is 1.36 bits per heavy atom. The molecule has 0 bridgehead atoms. The predicted octanol–water partition coefficient (Wildman–Crippen LogP) is -1.30. The fraction of sp³-hybridized carbons (Fsp3) is 0.111. The van der Waals surface area contributed by atoms with Crippen LogP contribution in [0.15, 0.2) is 36.9 Å². The maximum absolute atomic E-state index is 10.5. The number of hydrogen-bond donors (Lipinski definition) is 1. The van der Waals surface area contributed by atoms with E-state index in [-0.39, 0.29) is 31.0 Å². The zero-order chi connectivity index (χ0) is 9.90. The Kier molecular flexibility index (Phi) is 5.63. The molecule has 0 unspecified atom stereocenters. The van der Waals surface area contributed by atoms with E-state index >= 15 is 0 Å². The van der Waals surface area contributed by atoms with Crippen LogP contribution in [0.5, 0.6) is 0 Å². The van der Waals surface area contributed by atoms with Crippen molar-refractivity contribution in [1.82, 2.24) is 0 Å². The summed E-state index contributed by atoms with van der Waals surface area (Å²) in [6.45, 7) is 3.57. The average molecular weight is 222 g/mol. The van der Waals surface area contributed by atoms with Gasteiger partial charge < -0.3 is 1.43 Å². The van der Waals surface area contributed by atoms with Crippen molar-refractivity contribution in [3.05, 3.63) is 42.5 Å². The number of hydrogen-bond acceptors (Lipinski definition) is 2. The molecule has 0 saturated carbocycles. The van der Waals surface area contributed by atoms with Gasteiger partial charge >= 0.3 is 29.6 Å². The van der Waals surface area contributed by atoms with E-state index in [0.29, 0.717) is 5.57 Å². The third-order valence-electron chi connectivity index (χ3n) is 1.54. The third kappa shape index (κ3) is 4.93. The molecule has 1 aromatic rings. The minimum absolute atomic E-state index is 0. The molecule has 1 rings (SSSR count). The van der Waals surface area contributed by atoms with Gasteiger partial charge in [0.25, 0.3) is 10.1 Å². The molecule has 0 aromatic heterocycles. The van der Waals surface area contributed by atoms with E-state index in [1.165, 1.54) is 0 Å². The summed E-state index contributed by atoms with van der Waals surface area (Å²) < 4.78 is 29.6. The van der Waals surface area contributed by atoms with Gasteiger partial charge in [0.05, 0.1) is 0 Å². The van der Waals surface area contributed by atoms with E-state index in [0.717, 1.165) is 5.56 Å². The third-order valence-corrected chi connectivity index (χ3v) is 2.25. The normalized spacial score (nSPS) is 10.4. The van der Waals surface area contributed by atoms with Crippen LogP contribution in [0.1, 0.15) is 6.99 Å². The fourth-order valence-electron chi connectivity index (χ4n) is 0.977. The molecule has 72 valence electrons. The van der Waals surface area contributed by atoms with Crippen LogP contribution in [0.25, 0.3) is 5.57 Å². The van der Waals surface area contributed by atoms with Gasteiger partial charge in [-0.05, 0) is 11.1 Å². The smallest absolute Gasteiger partial charge is 1.00 e. The van der Waals surface area contributed by atoms with Gasteiger partial charge in [-0.1, -0.05) is 36.9 Å². The summed E-state index contributed by atoms with van der Waals surface area (Å²) in [5.41, 5.74) is 1.11. The van der Waals surface area contributed by atoms with Crippen molar-refractivity contribution < 1.29 is 44.0 Å². The summed E-state index contributed by atoms with van der Waals surface area (Å²) in [6, 6.07) is 8.88. The van der Waals surface area contributed by atoms with Crippen molar-refractivity contribution in [2.75, 3.05) is 5.75 Å². The second kappa shape index (κ2) is 5.68. The van der Waals surface area contributed by atoms with E-state index in [1.54, 1.807) is 24.3 Å². The largest absolute Gasteiger partial charge is 1.00 e. The molecule has 0 atom stereocenters. The first-order chi connectivity index (χ1) is 5.99. The molecule has 0 heterocycles. The molecule has 0 fully saturated rings. The van der Waals surface area contributed by atoms with E-state index in [2.05, 4.69) is 6.58 Å². The van der Waals surface area contributed by atoms with Crippen LogP contribution < -0.4 is 29.6 Å². The Hall–Kier alpha value is -0.130. The van der Waals surface area contributed by atoms with Crippen molar-refractivity contribution >= 4 is 15.7 Å². The SMILES string of the molecule is C=C(CS(=O)(=O)O)c1ccccc1.[H-].[Na+]. The standard InChI is InChI=1S/C9H10O3S.Na.H/c1-8(7-13(10,11)12)9-5-3-2-4-6-9;;/h2-6H,1,7H2,(H,10,11,12);;/q;+1;-1. The van der Waals surface area contributed by atoms with Crippen molar-refractivity contribution in [2.24, 2.45) is 0 Å². The Morgan fingerprint density at radius 3 is 2.29 bits per heavy atom. The van der Waals surface area contributed by atoms with Gasteiger partial charge in [0.2, 0.25) is 0 Å². The zero-order valence-corrected chi connectivity index (χ0v) is 10.8. The van der Waals surface area contributed by atoms with Gasteiger partial charge in [-0.15, -0.1) is 0 Å². The zero-order valence-electron chi connectivity index (χ0n) is 8.97. The van der Waals surface area contributed by atoms with Gasteiger partial charge in [0.15, 0.2) is 0 Å². The second-order valence-electron chi connectivity index (χ2n) is 2.70. The minimum atomic E-state index is -3.97. The van der Waals surface area contributed by atoms with Crippen LogP contribution in [0.4, 0.5) is 0 Å². The monoisotopic (exact) mass is 222 g/mol. The molecular weight excluding hydrogens is 211 g/mol. The van der Waals surface area contributed by atoms with Crippen molar-refractivity contribution in [1.29, 1.82) is 0 Å². The average Bonchev–Trinajstić information content (AvgIpc) is 2.03. The Labute approximate surface area is 107 Å². The molecule has 1 aromatic carbocycles. The van der Waals surface area contributed by atoms with Gasteiger partial charge in [-0.3, -0.25) is 4.55 Å². The molecule has 14 heavy (non-hydrogen) atoms. The summed E-state index contributed by atoms with van der Waals surface area (Å²) in [7, 11) is -3.97. The van der Waals surface area contributed by atoms with Crippen LogP contribution in [-0.2, 0) is 10.1 Å². The van der Waals surface area contributed by atoms with E-state index < -0.39 is 15.9 Å². The molecule has 0 aliphatic rings.